The van der Waals surface area contributed by atoms with Gasteiger partial charge in [0.15, 0.2) is 0 Å². The minimum Gasteiger partial charge on any atom is -0.494 e. The molecule has 1 heterocycles. The van der Waals surface area contributed by atoms with E-state index in [4.69, 9.17) is 10.5 Å². The van der Waals surface area contributed by atoms with Gasteiger partial charge in [-0.3, -0.25) is 14.4 Å². The Kier molecular flexibility index (Phi) is 8.12. The summed E-state index contributed by atoms with van der Waals surface area (Å²) in [6, 6.07) is 8.10. The average Bonchev–Trinajstić information content (AvgIpc) is 3.07. The number of hydrogen-bond acceptors (Lipinski definition) is 5. The number of nitrogens with one attached hydrogen (secondary N) is 1. The predicted octanol–water partition coefficient (Wildman–Crippen LogP) is 0.656. The van der Waals surface area contributed by atoms with E-state index in [0.717, 1.165) is 4.90 Å². The van der Waals surface area contributed by atoms with Crippen LogP contribution in [0.1, 0.15) is 19.3 Å². The standard InChI is InChI=1S/C18H23F2N3O5/c19-18(20)28-13-9-14(17(21)26)23(11-13)16(25)10-22-15(24)7-4-8-27-12-5-2-1-3-6-12/h1-3,5-6,13-14,18H,4,7-11H2,(H2,21,26)(H,22,24). The largest absolute Gasteiger partial charge is 0.494 e. The number of amides is 3. The molecule has 2 unspecified atom stereocenters. The van der Waals surface area contributed by atoms with Crippen molar-refractivity contribution < 1.29 is 32.6 Å². The quantitative estimate of drug-likeness (QED) is 0.562. The molecule has 1 aromatic carbocycles. The number of nitrogens with zero attached hydrogens (tertiary/aromatic N) is 1. The first-order valence-corrected chi connectivity index (χ1v) is 8.83. The van der Waals surface area contributed by atoms with E-state index in [1.165, 1.54) is 0 Å². The zero-order chi connectivity index (χ0) is 20.5. The second kappa shape index (κ2) is 10.5. The van der Waals surface area contributed by atoms with Gasteiger partial charge in [0.25, 0.3) is 0 Å². The highest BCUT2D eigenvalue weighted by Gasteiger charge is 2.40. The summed E-state index contributed by atoms with van der Waals surface area (Å²) in [5.74, 6) is -1.05. The Morgan fingerprint density at radius 3 is 2.61 bits per heavy atom. The molecule has 0 bridgehead atoms. The van der Waals surface area contributed by atoms with Crippen LogP contribution in [0.2, 0.25) is 0 Å². The molecule has 0 radical (unpaired) electrons. The molecule has 2 rings (SSSR count). The number of para-hydroxylation sites is 1. The molecule has 3 amide bonds. The van der Waals surface area contributed by atoms with Crippen LogP contribution in [0.25, 0.3) is 0 Å². The van der Waals surface area contributed by atoms with Crippen LogP contribution >= 0.6 is 0 Å². The number of nitrogens with two attached hydrogens (primary N) is 1. The SMILES string of the molecule is NC(=O)C1CC(OC(F)F)CN1C(=O)CNC(=O)CCCOc1ccccc1. The maximum Gasteiger partial charge on any atom is 0.345 e. The molecule has 0 spiro atoms. The summed E-state index contributed by atoms with van der Waals surface area (Å²) in [5, 5.41) is 2.45. The lowest BCUT2D eigenvalue weighted by molar-refractivity contribution is -0.160. The molecule has 1 fully saturated rings. The van der Waals surface area contributed by atoms with Gasteiger partial charge in [0.1, 0.15) is 11.8 Å². The van der Waals surface area contributed by atoms with E-state index in [0.29, 0.717) is 18.8 Å². The molecule has 154 valence electrons. The van der Waals surface area contributed by atoms with Gasteiger partial charge in [-0.2, -0.15) is 8.78 Å². The van der Waals surface area contributed by atoms with Crippen LogP contribution in [0.15, 0.2) is 30.3 Å². The number of primary amides is 1. The molecule has 0 saturated carbocycles. The van der Waals surface area contributed by atoms with Crippen molar-refractivity contribution in [3.05, 3.63) is 30.3 Å². The Hall–Kier alpha value is -2.75. The molecule has 10 heteroatoms. The summed E-state index contributed by atoms with van der Waals surface area (Å²) in [6.45, 7) is -3.21. The number of carbonyl (C=O) groups excluding carboxylic acids is 3. The van der Waals surface area contributed by atoms with Gasteiger partial charge in [0.05, 0.1) is 19.3 Å². The molecule has 1 saturated heterocycles. The number of rotatable bonds is 10. The highest BCUT2D eigenvalue weighted by molar-refractivity contribution is 5.90. The summed E-state index contributed by atoms with van der Waals surface area (Å²) >= 11 is 0. The number of ether oxygens (including phenoxy) is 2. The minimum absolute atomic E-state index is 0.101. The van der Waals surface area contributed by atoms with Gasteiger partial charge in [-0.25, -0.2) is 0 Å². The minimum atomic E-state index is -3.01. The maximum absolute atomic E-state index is 12.3. The number of halogens is 2. The van der Waals surface area contributed by atoms with Crippen molar-refractivity contribution in [3.8, 4) is 5.75 Å². The molecule has 1 aliphatic rings. The van der Waals surface area contributed by atoms with Crippen molar-refractivity contribution in [2.75, 3.05) is 19.7 Å². The maximum atomic E-state index is 12.3. The van der Waals surface area contributed by atoms with Crippen LogP contribution in [0.3, 0.4) is 0 Å². The molecule has 1 aromatic rings. The second-order valence-corrected chi connectivity index (χ2v) is 6.26. The fourth-order valence-electron chi connectivity index (χ4n) is 2.89. The molecule has 8 nitrogen and oxygen atoms in total. The molecule has 2 atom stereocenters. The summed E-state index contributed by atoms with van der Waals surface area (Å²) < 4.78 is 34.5. The lowest BCUT2D eigenvalue weighted by Crippen LogP contribution is -2.47. The molecule has 0 aromatic heterocycles. The molecule has 3 N–H and O–H groups in total. The third-order valence-electron chi connectivity index (χ3n) is 4.20. The Balaban J connectivity index is 1.71. The molecule has 28 heavy (non-hydrogen) atoms. The van der Waals surface area contributed by atoms with Crippen LogP contribution in [0, 0.1) is 0 Å². The Bertz CT molecular complexity index is 674. The monoisotopic (exact) mass is 399 g/mol. The van der Waals surface area contributed by atoms with Crippen LogP contribution in [-0.4, -0.2) is 61.1 Å². The highest BCUT2D eigenvalue weighted by Crippen LogP contribution is 2.22. The Morgan fingerprint density at radius 1 is 1.25 bits per heavy atom. The van der Waals surface area contributed by atoms with E-state index in [-0.39, 0.29) is 31.8 Å². The number of benzene rings is 1. The van der Waals surface area contributed by atoms with E-state index in [1.54, 1.807) is 12.1 Å². The third-order valence-corrected chi connectivity index (χ3v) is 4.20. The van der Waals surface area contributed by atoms with Crippen molar-refractivity contribution >= 4 is 17.7 Å². The van der Waals surface area contributed by atoms with Crippen molar-refractivity contribution in [2.24, 2.45) is 5.73 Å². The lowest BCUT2D eigenvalue weighted by atomic mass is 10.2. The average molecular weight is 399 g/mol. The first-order chi connectivity index (χ1) is 13.4. The molecule has 1 aliphatic heterocycles. The number of carbonyl (C=O) groups is 3. The normalized spacial score (nSPS) is 18.9. The van der Waals surface area contributed by atoms with Crippen LogP contribution in [-0.2, 0) is 19.1 Å². The zero-order valence-corrected chi connectivity index (χ0v) is 15.2. The van der Waals surface area contributed by atoms with E-state index < -0.39 is 30.6 Å². The van der Waals surface area contributed by atoms with Crippen molar-refractivity contribution in [1.82, 2.24) is 10.2 Å². The van der Waals surface area contributed by atoms with Gasteiger partial charge >= 0.3 is 6.61 Å². The molecular weight excluding hydrogens is 376 g/mol. The van der Waals surface area contributed by atoms with Crippen molar-refractivity contribution in [1.29, 1.82) is 0 Å². The first-order valence-electron chi connectivity index (χ1n) is 8.83. The Labute approximate surface area is 160 Å². The summed E-state index contributed by atoms with van der Waals surface area (Å²) in [7, 11) is 0. The van der Waals surface area contributed by atoms with E-state index in [1.807, 2.05) is 18.2 Å². The zero-order valence-electron chi connectivity index (χ0n) is 15.2. The van der Waals surface area contributed by atoms with Gasteiger partial charge in [-0.05, 0) is 18.6 Å². The number of hydrogen-bond donors (Lipinski definition) is 2. The highest BCUT2D eigenvalue weighted by atomic mass is 19.3. The van der Waals surface area contributed by atoms with Gasteiger partial charge < -0.3 is 25.4 Å². The summed E-state index contributed by atoms with van der Waals surface area (Å²) in [4.78, 5) is 36.6. The van der Waals surface area contributed by atoms with Gasteiger partial charge in [-0.1, -0.05) is 18.2 Å². The lowest BCUT2D eigenvalue weighted by Gasteiger charge is -2.22. The van der Waals surface area contributed by atoms with Crippen LogP contribution in [0.5, 0.6) is 5.75 Å². The predicted molar refractivity (Wildman–Crippen MR) is 94.4 cm³/mol. The summed E-state index contributed by atoms with van der Waals surface area (Å²) in [6.07, 6.45) is -0.480. The van der Waals surface area contributed by atoms with Gasteiger partial charge in [-0.15, -0.1) is 0 Å². The topological polar surface area (TPSA) is 111 Å². The summed E-state index contributed by atoms with van der Waals surface area (Å²) in [5.41, 5.74) is 5.23. The fourth-order valence-corrected chi connectivity index (χ4v) is 2.89. The molecular formula is C18H23F2N3O5. The second-order valence-electron chi connectivity index (χ2n) is 6.26. The van der Waals surface area contributed by atoms with Crippen molar-refractivity contribution in [2.45, 2.75) is 38.0 Å². The third kappa shape index (κ3) is 6.76. The number of alkyl halides is 2. The van der Waals surface area contributed by atoms with E-state index in [9.17, 15) is 23.2 Å². The smallest absolute Gasteiger partial charge is 0.345 e. The van der Waals surface area contributed by atoms with Crippen molar-refractivity contribution in [3.63, 3.8) is 0 Å². The Morgan fingerprint density at radius 2 is 1.96 bits per heavy atom. The first kappa shape index (κ1) is 21.5. The fraction of sp³-hybridized carbons (Fsp3) is 0.500. The van der Waals surface area contributed by atoms with Crippen LogP contribution in [0.4, 0.5) is 8.78 Å². The van der Waals surface area contributed by atoms with E-state index >= 15 is 0 Å². The van der Waals surface area contributed by atoms with Gasteiger partial charge in [0, 0.05) is 19.4 Å². The van der Waals surface area contributed by atoms with Gasteiger partial charge in [0.2, 0.25) is 17.7 Å². The number of likely N-dealkylation sites (tertiary alicyclic amines) is 1. The van der Waals surface area contributed by atoms with Crippen LogP contribution < -0.4 is 15.8 Å². The van der Waals surface area contributed by atoms with E-state index in [2.05, 4.69) is 10.1 Å². The molecule has 0 aliphatic carbocycles.